The highest BCUT2D eigenvalue weighted by atomic mass is 14.9. The molecule has 0 fully saturated rings. The van der Waals surface area contributed by atoms with Gasteiger partial charge in [0, 0.05) is 18.4 Å². The molecule has 0 radical (unpaired) electrons. The van der Waals surface area contributed by atoms with E-state index in [1.54, 1.807) is 6.20 Å². The predicted molar refractivity (Wildman–Crippen MR) is 60.1 cm³/mol. The molecule has 1 aromatic heterocycles. The maximum absolute atomic E-state index is 4.09. The number of nitrogens with zero attached hydrogens (tertiary/aromatic N) is 1. The minimum Gasteiger partial charge on any atom is -0.310 e. The first-order valence-electron chi connectivity index (χ1n) is 5.09. The summed E-state index contributed by atoms with van der Waals surface area (Å²) in [6.45, 7) is 6.89. The Labute approximate surface area is 86.1 Å². The zero-order chi connectivity index (χ0) is 10.2. The van der Waals surface area contributed by atoms with Crippen LogP contribution in [0, 0.1) is 0 Å². The maximum atomic E-state index is 4.09. The van der Waals surface area contributed by atoms with Crippen molar-refractivity contribution in [2.75, 3.05) is 6.54 Å². The van der Waals surface area contributed by atoms with E-state index in [0.717, 1.165) is 19.4 Å². The fourth-order valence-electron chi connectivity index (χ4n) is 1.31. The topological polar surface area (TPSA) is 24.9 Å². The lowest BCUT2D eigenvalue weighted by Crippen LogP contribution is -2.19. The third-order valence-corrected chi connectivity index (χ3v) is 2.22. The average Bonchev–Trinajstić information content (AvgIpc) is 2.25. The molecule has 76 valence electrons. The standard InChI is InChI=1S/C12H18N2/c1-3-4-5-9-14-11(2)12-7-6-8-13-10-12/h3,6-8,10-11,14H,1,4-5,9H2,2H3. The molecule has 2 nitrogen and oxygen atoms in total. The predicted octanol–water partition coefficient (Wildman–Crippen LogP) is 2.70. The number of unbranched alkanes of at least 4 members (excludes halogenated alkanes) is 1. The van der Waals surface area contributed by atoms with Crippen molar-refractivity contribution in [3.05, 3.63) is 42.7 Å². The van der Waals surface area contributed by atoms with Crippen LogP contribution in [0.5, 0.6) is 0 Å². The molecular weight excluding hydrogens is 172 g/mol. The van der Waals surface area contributed by atoms with Crippen LogP contribution in [0.15, 0.2) is 37.2 Å². The van der Waals surface area contributed by atoms with Crippen molar-refractivity contribution in [1.29, 1.82) is 0 Å². The Bertz CT molecular complexity index is 256. The van der Waals surface area contributed by atoms with Crippen molar-refractivity contribution < 1.29 is 0 Å². The minimum atomic E-state index is 0.383. The van der Waals surface area contributed by atoms with Gasteiger partial charge in [-0.15, -0.1) is 6.58 Å². The molecule has 1 N–H and O–H groups in total. The lowest BCUT2D eigenvalue weighted by Gasteiger charge is -2.12. The lowest BCUT2D eigenvalue weighted by atomic mass is 10.1. The third-order valence-electron chi connectivity index (χ3n) is 2.22. The first kappa shape index (κ1) is 10.9. The van der Waals surface area contributed by atoms with Crippen molar-refractivity contribution in [3.63, 3.8) is 0 Å². The molecule has 0 aromatic carbocycles. The molecule has 2 heteroatoms. The van der Waals surface area contributed by atoms with E-state index in [2.05, 4.69) is 29.9 Å². The fraction of sp³-hybridized carbons (Fsp3) is 0.417. The second kappa shape index (κ2) is 6.33. The molecule has 0 bridgehead atoms. The van der Waals surface area contributed by atoms with E-state index in [4.69, 9.17) is 0 Å². The Balaban J connectivity index is 2.28. The zero-order valence-electron chi connectivity index (χ0n) is 8.74. The van der Waals surface area contributed by atoms with Gasteiger partial charge in [-0.05, 0) is 37.9 Å². The zero-order valence-corrected chi connectivity index (χ0v) is 8.74. The first-order valence-corrected chi connectivity index (χ1v) is 5.09. The van der Waals surface area contributed by atoms with Crippen LogP contribution in [0.3, 0.4) is 0 Å². The molecular formula is C12H18N2. The number of hydrogen-bond donors (Lipinski definition) is 1. The van der Waals surface area contributed by atoms with Gasteiger partial charge in [0.15, 0.2) is 0 Å². The van der Waals surface area contributed by atoms with Crippen LogP contribution in [0.1, 0.15) is 31.4 Å². The molecule has 14 heavy (non-hydrogen) atoms. The Morgan fingerprint density at radius 3 is 3.14 bits per heavy atom. The van der Waals surface area contributed by atoms with Gasteiger partial charge in [0.2, 0.25) is 0 Å². The highest BCUT2D eigenvalue weighted by Crippen LogP contribution is 2.09. The monoisotopic (exact) mass is 190 g/mol. The van der Waals surface area contributed by atoms with Crippen molar-refractivity contribution >= 4 is 0 Å². The Hall–Kier alpha value is -1.15. The molecule has 0 spiro atoms. The minimum absolute atomic E-state index is 0.383. The Kier molecular flexibility index (Phi) is 4.94. The van der Waals surface area contributed by atoms with Gasteiger partial charge in [0.05, 0.1) is 0 Å². The SMILES string of the molecule is C=CCCCNC(C)c1cccnc1. The number of hydrogen-bond acceptors (Lipinski definition) is 2. The van der Waals surface area contributed by atoms with Crippen molar-refractivity contribution in [2.24, 2.45) is 0 Å². The highest BCUT2D eigenvalue weighted by molar-refractivity contribution is 5.12. The Morgan fingerprint density at radius 2 is 2.50 bits per heavy atom. The lowest BCUT2D eigenvalue weighted by molar-refractivity contribution is 0.559. The molecule has 1 rings (SSSR count). The highest BCUT2D eigenvalue weighted by Gasteiger charge is 2.02. The van der Waals surface area contributed by atoms with Crippen LogP contribution in [0.2, 0.25) is 0 Å². The third kappa shape index (κ3) is 3.71. The second-order valence-electron chi connectivity index (χ2n) is 3.39. The molecule has 0 saturated heterocycles. The molecule has 1 atom stereocenters. The van der Waals surface area contributed by atoms with E-state index in [1.807, 2.05) is 18.3 Å². The van der Waals surface area contributed by atoms with Gasteiger partial charge in [-0.1, -0.05) is 12.1 Å². The van der Waals surface area contributed by atoms with Gasteiger partial charge in [-0.25, -0.2) is 0 Å². The largest absolute Gasteiger partial charge is 0.310 e. The molecule has 1 aromatic rings. The normalized spacial score (nSPS) is 12.4. The van der Waals surface area contributed by atoms with Crippen molar-refractivity contribution in [3.8, 4) is 0 Å². The van der Waals surface area contributed by atoms with E-state index >= 15 is 0 Å². The second-order valence-corrected chi connectivity index (χ2v) is 3.39. The average molecular weight is 190 g/mol. The number of allylic oxidation sites excluding steroid dienone is 1. The molecule has 0 amide bonds. The van der Waals surface area contributed by atoms with E-state index in [9.17, 15) is 0 Å². The van der Waals surface area contributed by atoms with Gasteiger partial charge in [0.25, 0.3) is 0 Å². The van der Waals surface area contributed by atoms with Gasteiger partial charge < -0.3 is 5.32 Å². The first-order chi connectivity index (χ1) is 6.84. The summed E-state index contributed by atoms with van der Waals surface area (Å²) in [5.74, 6) is 0. The molecule has 1 heterocycles. The summed E-state index contributed by atoms with van der Waals surface area (Å²) in [5, 5.41) is 3.45. The quantitative estimate of drug-likeness (QED) is 0.551. The van der Waals surface area contributed by atoms with Crippen molar-refractivity contribution in [2.45, 2.75) is 25.8 Å². The summed E-state index contributed by atoms with van der Waals surface area (Å²) in [5.41, 5.74) is 1.24. The van der Waals surface area contributed by atoms with E-state index in [-0.39, 0.29) is 0 Å². The van der Waals surface area contributed by atoms with Crippen LogP contribution < -0.4 is 5.32 Å². The summed E-state index contributed by atoms with van der Waals surface area (Å²) in [7, 11) is 0. The number of pyridine rings is 1. The smallest absolute Gasteiger partial charge is 0.0315 e. The van der Waals surface area contributed by atoms with Crippen LogP contribution in [-0.2, 0) is 0 Å². The molecule has 0 aliphatic carbocycles. The van der Waals surface area contributed by atoms with Crippen LogP contribution in [0.25, 0.3) is 0 Å². The van der Waals surface area contributed by atoms with Crippen LogP contribution in [0.4, 0.5) is 0 Å². The summed E-state index contributed by atoms with van der Waals surface area (Å²) < 4.78 is 0. The van der Waals surface area contributed by atoms with E-state index in [0.29, 0.717) is 6.04 Å². The number of rotatable bonds is 6. The van der Waals surface area contributed by atoms with E-state index in [1.165, 1.54) is 5.56 Å². The van der Waals surface area contributed by atoms with Gasteiger partial charge in [-0.3, -0.25) is 4.98 Å². The molecule has 0 saturated carbocycles. The summed E-state index contributed by atoms with van der Waals surface area (Å²) in [6.07, 6.45) is 7.89. The van der Waals surface area contributed by atoms with Gasteiger partial charge >= 0.3 is 0 Å². The fourth-order valence-corrected chi connectivity index (χ4v) is 1.31. The molecule has 1 unspecified atom stereocenters. The number of aromatic nitrogens is 1. The van der Waals surface area contributed by atoms with Gasteiger partial charge in [0.1, 0.15) is 0 Å². The maximum Gasteiger partial charge on any atom is 0.0315 e. The molecule has 0 aliphatic heterocycles. The van der Waals surface area contributed by atoms with Gasteiger partial charge in [-0.2, -0.15) is 0 Å². The summed E-state index contributed by atoms with van der Waals surface area (Å²) in [6, 6.07) is 4.45. The van der Waals surface area contributed by atoms with E-state index < -0.39 is 0 Å². The van der Waals surface area contributed by atoms with Crippen LogP contribution >= 0.6 is 0 Å². The van der Waals surface area contributed by atoms with Crippen molar-refractivity contribution in [1.82, 2.24) is 10.3 Å². The Morgan fingerprint density at radius 1 is 1.64 bits per heavy atom. The molecule has 0 aliphatic rings. The summed E-state index contributed by atoms with van der Waals surface area (Å²) in [4.78, 5) is 4.09. The number of nitrogens with one attached hydrogen (secondary N) is 1. The van der Waals surface area contributed by atoms with Crippen LogP contribution in [-0.4, -0.2) is 11.5 Å². The summed E-state index contributed by atoms with van der Waals surface area (Å²) >= 11 is 0.